The Hall–Kier alpha value is -0.610. The molecule has 0 spiro atoms. The van der Waals surface area contributed by atoms with Crippen molar-refractivity contribution < 1.29 is 4.39 Å². The van der Waals surface area contributed by atoms with Crippen LogP contribution in [0.4, 0.5) is 4.39 Å². The zero-order valence-corrected chi connectivity index (χ0v) is 14.6. The van der Waals surface area contributed by atoms with Gasteiger partial charge in [-0.1, -0.05) is 19.8 Å². The van der Waals surface area contributed by atoms with E-state index in [-0.39, 0.29) is 11.2 Å². The van der Waals surface area contributed by atoms with Gasteiger partial charge in [-0.05, 0) is 47.2 Å². The van der Waals surface area contributed by atoms with E-state index in [1.54, 1.807) is 12.1 Å². The van der Waals surface area contributed by atoms with Gasteiger partial charge < -0.3 is 4.57 Å². The maximum atomic E-state index is 13.9. The Morgan fingerprint density at radius 1 is 1.48 bits per heavy atom. The molecule has 0 N–H and O–H groups in total. The normalized spacial score (nSPS) is 23.9. The molecule has 0 saturated heterocycles. The van der Waals surface area contributed by atoms with Gasteiger partial charge in [0.15, 0.2) is 0 Å². The third kappa shape index (κ3) is 2.85. The maximum Gasteiger partial charge on any atom is 0.139 e. The summed E-state index contributed by atoms with van der Waals surface area (Å²) in [4.78, 5) is 4.62. The summed E-state index contributed by atoms with van der Waals surface area (Å²) in [5.74, 6) is 1.92. The fraction of sp³-hybridized carbons (Fsp3) is 0.562. The molecule has 1 fully saturated rings. The number of aromatic nitrogens is 2. The highest BCUT2D eigenvalue weighted by Gasteiger charge is 2.26. The van der Waals surface area contributed by atoms with E-state index >= 15 is 0 Å². The van der Waals surface area contributed by atoms with Crippen molar-refractivity contribution >= 4 is 38.6 Å². The first-order chi connectivity index (χ1) is 9.97. The number of halogens is 3. The Labute approximate surface area is 137 Å². The summed E-state index contributed by atoms with van der Waals surface area (Å²) in [6, 6.07) is 3.30. The monoisotopic (exact) mass is 372 g/mol. The Morgan fingerprint density at radius 3 is 2.86 bits per heavy atom. The molecule has 5 heteroatoms. The second kappa shape index (κ2) is 5.88. The zero-order chi connectivity index (χ0) is 15.1. The summed E-state index contributed by atoms with van der Waals surface area (Å²) in [5.41, 5.74) is 1.65. The lowest BCUT2D eigenvalue weighted by atomic mass is 9.98. The number of nitrogens with zero attached hydrogens (tertiary/aromatic N) is 2. The van der Waals surface area contributed by atoms with Crippen LogP contribution in [0.5, 0.6) is 0 Å². The van der Waals surface area contributed by atoms with E-state index in [4.69, 9.17) is 11.6 Å². The molecule has 114 valence electrons. The Bertz CT molecular complexity index is 668. The molecule has 1 aromatic carbocycles. The summed E-state index contributed by atoms with van der Waals surface area (Å²) in [6.45, 7) is 5.10. The van der Waals surface area contributed by atoms with E-state index in [0.717, 1.165) is 23.4 Å². The first-order valence-corrected chi connectivity index (χ1v) is 8.69. The van der Waals surface area contributed by atoms with E-state index in [2.05, 4.69) is 32.4 Å². The highest BCUT2D eigenvalue weighted by Crippen LogP contribution is 2.35. The Balaban J connectivity index is 2.09. The van der Waals surface area contributed by atoms with E-state index in [0.29, 0.717) is 16.3 Å². The van der Waals surface area contributed by atoms with Gasteiger partial charge in [0.2, 0.25) is 0 Å². The quantitative estimate of drug-likeness (QED) is 0.633. The molecule has 0 bridgehead atoms. The molecule has 21 heavy (non-hydrogen) atoms. The second-order valence-electron chi connectivity index (χ2n) is 6.12. The average Bonchev–Trinajstić information content (AvgIpc) is 2.97. The summed E-state index contributed by atoms with van der Waals surface area (Å²) < 4.78 is 16.5. The average molecular weight is 374 g/mol. The summed E-state index contributed by atoms with van der Waals surface area (Å²) >= 11 is 9.52. The summed E-state index contributed by atoms with van der Waals surface area (Å²) in [6.07, 6.45) is 3.79. The lowest BCUT2D eigenvalue weighted by Gasteiger charge is -2.19. The Morgan fingerprint density at radius 2 is 2.24 bits per heavy atom. The molecule has 3 atom stereocenters. The van der Waals surface area contributed by atoms with Gasteiger partial charge >= 0.3 is 0 Å². The first kappa shape index (κ1) is 15.3. The highest BCUT2D eigenvalue weighted by atomic mass is 79.9. The fourth-order valence-corrected chi connectivity index (χ4v) is 3.86. The number of rotatable bonds is 3. The number of hydrogen-bond donors (Lipinski definition) is 0. The number of imidazole rings is 1. The smallest absolute Gasteiger partial charge is 0.139 e. The highest BCUT2D eigenvalue weighted by molar-refractivity contribution is 9.10. The molecule has 1 heterocycles. The molecule has 1 aromatic heterocycles. The second-order valence-corrected chi connectivity index (χ2v) is 7.63. The van der Waals surface area contributed by atoms with Crippen molar-refractivity contribution in [2.24, 2.45) is 11.8 Å². The molecular weight excluding hydrogens is 355 g/mol. The minimum Gasteiger partial charge on any atom is -0.326 e. The van der Waals surface area contributed by atoms with Crippen LogP contribution in [0.3, 0.4) is 0 Å². The molecule has 1 saturated carbocycles. The van der Waals surface area contributed by atoms with Crippen molar-refractivity contribution in [3.05, 3.63) is 28.2 Å². The lowest BCUT2D eigenvalue weighted by molar-refractivity contribution is 0.363. The Kier molecular flexibility index (Phi) is 4.28. The van der Waals surface area contributed by atoms with Crippen LogP contribution in [-0.2, 0) is 6.54 Å². The van der Waals surface area contributed by atoms with Crippen LogP contribution >= 0.6 is 27.5 Å². The van der Waals surface area contributed by atoms with Crippen LogP contribution in [0.2, 0.25) is 0 Å². The van der Waals surface area contributed by atoms with Gasteiger partial charge in [0.25, 0.3) is 0 Å². The molecule has 1 aliphatic rings. The third-order valence-corrected chi connectivity index (χ3v) is 5.43. The van der Waals surface area contributed by atoms with Gasteiger partial charge in [-0.25, -0.2) is 9.37 Å². The predicted octanol–water partition coefficient (Wildman–Crippen LogP) is 5.67. The van der Waals surface area contributed by atoms with Crippen LogP contribution < -0.4 is 0 Å². The minimum absolute atomic E-state index is 0.184. The molecule has 3 rings (SSSR count). The number of hydrogen-bond acceptors (Lipinski definition) is 1. The van der Waals surface area contributed by atoms with Crippen molar-refractivity contribution in [2.75, 3.05) is 0 Å². The van der Waals surface area contributed by atoms with Crippen LogP contribution in [0.15, 0.2) is 16.6 Å². The van der Waals surface area contributed by atoms with E-state index in [1.165, 1.54) is 19.3 Å². The van der Waals surface area contributed by atoms with E-state index in [9.17, 15) is 4.39 Å². The van der Waals surface area contributed by atoms with E-state index < -0.39 is 0 Å². The van der Waals surface area contributed by atoms with Crippen molar-refractivity contribution in [3.8, 4) is 0 Å². The predicted molar refractivity (Wildman–Crippen MR) is 88.2 cm³/mol. The van der Waals surface area contributed by atoms with Crippen LogP contribution in [0, 0.1) is 17.7 Å². The van der Waals surface area contributed by atoms with Gasteiger partial charge in [0, 0.05) is 12.6 Å². The largest absolute Gasteiger partial charge is 0.326 e. The number of benzene rings is 1. The standard InChI is InChI=1S/C16H19BrClFN2/c1-9-4-3-5-11(9)8-21-15-7-13(19)12(17)6-14(15)20-16(21)10(2)18/h6-7,9-11H,3-5,8H2,1-2H3. The molecule has 0 radical (unpaired) electrons. The number of fused-ring (bicyclic) bond motifs is 1. The molecule has 0 amide bonds. The molecule has 2 aromatic rings. The summed E-state index contributed by atoms with van der Waals surface area (Å²) in [7, 11) is 0. The van der Waals surface area contributed by atoms with Crippen LogP contribution in [-0.4, -0.2) is 9.55 Å². The van der Waals surface area contributed by atoms with Crippen molar-refractivity contribution in [2.45, 2.75) is 45.0 Å². The summed E-state index contributed by atoms with van der Waals surface area (Å²) in [5, 5.41) is -0.184. The van der Waals surface area contributed by atoms with Crippen LogP contribution in [0.1, 0.15) is 44.3 Å². The maximum absolute atomic E-state index is 13.9. The fourth-order valence-electron chi connectivity index (χ4n) is 3.36. The first-order valence-electron chi connectivity index (χ1n) is 7.46. The van der Waals surface area contributed by atoms with Crippen LogP contribution in [0.25, 0.3) is 11.0 Å². The van der Waals surface area contributed by atoms with Gasteiger partial charge in [0.05, 0.1) is 20.9 Å². The lowest BCUT2D eigenvalue weighted by Crippen LogP contribution is -2.15. The van der Waals surface area contributed by atoms with Gasteiger partial charge in [-0.15, -0.1) is 11.6 Å². The van der Waals surface area contributed by atoms with Crippen molar-refractivity contribution in [1.82, 2.24) is 9.55 Å². The van der Waals surface area contributed by atoms with Gasteiger partial charge in [-0.2, -0.15) is 0 Å². The van der Waals surface area contributed by atoms with Gasteiger partial charge in [0.1, 0.15) is 11.6 Å². The number of alkyl halides is 1. The topological polar surface area (TPSA) is 17.8 Å². The minimum atomic E-state index is -0.253. The molecule has 3 unspecified atom stereocenters. The SMILES string of the molecule is CC(Cl)c1nc2cc(Br)c(F)cc2n1CC1CCCC1C. The van der Waals surface area contributed by atoms with Gasteiger partial charge in [-0.3, -0.25) is 0 Å². The zero-order valence-electron chi connectivity index (χ0n) is 12.2. The molecule has 1 aliphatic carbocycles. The third-order valence-electron chi connectivity index (χ3n) is 4.63. The molecule has 2 nitrogen and oxygen atoms in total. The van der Waals surface area contributed by atoms with Crippen molar-refractivity contribution in [1.29, 1.82) is 0 Å². The molecular formula is C16H19BrClFN2. The molecule has 0 aliphatic heterocycles. The van der Waals surface area contributed by atoms with E-state index in [1.807, 2.05) is 6.92 Å². The van der Waals surface area contributed by atoms with Crippen molar-refractivity contribution in [3.63, 3.8) is 0 Å².